The summed E-state index contributed by atoms with van der Waals surface area (Å²) in [7, 11) is 0. The van der Waals surface area contributed by atoms with Crippen molar-refractivity contribution >= 4 is 33.2 Å². The lowest BCUT2D eigenvalue weighted by Crippen LogP contribution is -1.96. The molecule has 0 aliphatic heterocycles. The minimum atomic E-state index is -1.05. The maximum Gasteiger partial charge on any atom is 0.337 e. The second-order valence-corrected chi connectivity index (χ2v) is 4.79. The Balaban J connectivity index is 2.62. The highest BCUT2D eigenvalue weighted by Crippen LogP contribution is 2.31. The number of carbonyl (C=O) groups is 1. The van der Waals surface area contributed by atoms with Gasteiger partial charge in [-0.25, -0.2) is 9.18 Å². The van der Waals surface area contributed by atoms with Gasteiger partial charge < -0.3 is 5.11 Å². The number of halogens is 2. The molecule has 0 saturated carbocycles. The van der Waals surface area contributed by atoms with Crippen molar-refractivity contribution in [2.24, 2.45) is 0 Å². The first kappa shape index (κ1) is 11.3. The second kappa shape index (κ2) is 4.35. The van der Waals surface area contributed by atoms with E-state index in [1.807, 2.05) is 0 Å². The minimum absolute atomic E-state index is 0.127. The lowest BCUT2D eigenvalue weighted by Gasteiger charge is -2.03. The standard InChI is InChI=1S/C11H6BrFO2S/c12-6-1-2-10(13)7(3-6)8-4-16-5-9(8)11(14)15/h1-5H,(H,14,15). The van der Waals surface area contributed by atoms with Gasteiger partial charge in [-0.2, -0.15) is 11.3 Å². The van der Waals surface area contributed by atoms with Gasteiger partial charge in [0.25, 0.3) is 0 Å². The van der Waals surface area contributed by atoms with Crippen molar-refractivity contribution in [2.45, 2.75) is 0 Å². The summed E-state index contributed by atoms with van der Waals surface area (Å²) in [5.41, 5.74) is 0.839. The predicted octanol–water partition coefficient (Wildman–Crippen LogP) is 4.01. The van der Waals surface area contributed by atoms with Crippen molar-refractivity contribution in [2.75, 3.05) is 0 Å². The summed E-state index contributed by atoms with van der Waals surface area (Å²) in [6, 6.07) is 4.46. The molecule has 2 nitrogen and oxygen atoms in total. The summed E-state index contributed by atoms with van der Waals surface area (Å²) < 4.78 is 14.3. The van der Waals surface area contributed by atoms with Crippen LogP contribution in [0.1, 0.15) is 10.4 Å². The second-order valence-electron chi connectivity index (χ2n) is 3.13. The number of aromatic carboxylic acids is 1. The zero-order valence-corrected chi connectivity index (χ0v) is 10.3. The van der Waals surface area contributed by atoms with Crippen LogP contribution >= 0.6 is 27.3 Å². The van der Waals surface area contributed by atoms with E-state index in [2.05, 4.69) is 15.9 Å². The molecule has 82 valence electrons. The number of rotatable bonds is 2. The third-order valence-corrected chi connectivity index (χ3v) is 3.35. The molecule has 16 heavy (non-hydrogen) atoms. The highest BCUT2D eigenvalue weighted by atomic mass is 79.9. The number of carboxylic acid groups (broad SMARTS) is 1. The molecule has 1 heterocycles. The quantitative estimate of drug-likeness (QED) is 0.910. The summed E-state index contributed by atoms with van der Waals surface area (Å²) in [5.74, 6) is -1.47. The Kier molecular flexibility index (Phi) is 3.07. The Labute approximate surface area is 103 Å². The van der Waals surface area contributed by atoms with Gasteiger partial charge >= 0.3 is 5.97 Å². The Morgan fingerprint density at radius 3 is 2.75 bits per heavy atom. The first-order valence-corrected chi connectivity index (χ1v) is 6.08. The fourth-order valence-electron chi connectivity index (χ4n) is 1.38. The van der Waals surface area contributed by atoms with Crippen LogP contribution < -0.4 is 0 Å². The van der Waals surface area contributed by atoms with Gasteiger partial charge in [0.05, 0.1) is 5.56 Å². The topological polar surface area (TPSA) is 37.3 Å². The summed E-state index contributed by atoms with van der Waals surface area (Å²) in [6.45, 7) is 0. The van der Waals surface area contributed by atoms with Crippen molar-refractivity contribution in [3.8, 4) is 11.1 Å². The van der Waals surface area contributed by atoms with Crippen LogP contribution in [0, 0.1) is 5.82 Å². The van der Waals surface area contributed by atoms with Gasteiger partial charge in [0.2, 0.25) is 0 Å². The molecule has 2 aromatic rings. The lowest BCUT2D eigenvalue weighted by molar-refractivity contribution is 0.0698. The van der Waals surface area contributed by atoms with Crippen LogP contribution in [0.25, 0.3) is 11.1 Å². The van der Waals surface area contributed by atoms with Crippen LogP contribution in [-0.4, -0.2) is 11.1 Å². The van der Waals surface area contributed by atoms with Crippen LogP contribution in [0.5, 0.6) is 0 Å². The van der Waals surface area contributed by atoms with E-state index in [0.717, 1.165) is 0 Å². The molecule has 0 saturated heterocycles. The molecule has 0 aliphatic carbocycles. The monoisotopic (exact) mass is 300 g/mol. The zero-order valence-electron chi connectivity index (χ0n) is 7.91. The van der Waals surface area contributed by atoms with Gasteiger partial charge in [-0.05, 0) is 23.6 Å². The molecule has 5 heteroatoms. The van der Waals surface area contributed by atoms with E-state index >= 15 is 0 Å². The van der Waals surface area contributed by atoms with Crippen molar-refractivity contribution < 1.29 is 14.3 Å². The largest absolute Gasteiger partial charge is 0.478 e. The fraction of sp³-hybridized carbons (Fsp3) is 0. The summed E-state index contributed by atoms with van der Waals surface area (Å²) in [5, 5.41) is 12.1. The molecule has 0 unspecified atom stereocenters. The number of carboxylic acids is 1. The first-order valence-electron chi connectivity index (χ1n) is 4.34. The molecule has 0 fully saturated rings. The van der Waals surface area contributed by atoms with E-state index in [9.17, 15) is 9.18 Å². The van der Waals surface area contributed by atoms with Crippen molar-refractivity contribution in [1.82, 2.24) is 0 Å². The van der Waals surface area contributed by atoms with Gasteiger partial charge in [0, 0.05) is 21.0 Å². The number of hydrogen-bond donors (Lipinski definition) is 1. The van der Waals surface area contributed by atoms with Gasteiger partial charge in [-0.3, -0.25) is 0 Å². The SMILES string of the molecule is O=C(O)c1cscc1-c1cc(Br)ccc1F. The van der Waals surface area contributed by atoms with Crippen molar-refractivity contribution in [1.29, 1.82) is 0 Å². The molecule has 1 aromatic carbocycles. The molecule has 2 rings (SSSR count). The molecule has 0 spiro atoms. The smallest absolute Gasteiger partial charge is 0.337 e. The van der Waals surface area contributed by atoms with Crippen LogP contribution in [0.4, 0.5) is 4.39 Å². The highest BCUT2D eigenvalue weighted by molar-refractivity contribution is 9.10. The summed E-state index contributed by atoms with van der Waals surface area (Å²) in [6.07, 6.45) is 0. The fourth-order valence-corrected chi connectivity index (χ4v) is 2.56. The number of benzene rings is 1. The molecule has 1 aromatic heterocycles. The van der Waals surface area contributed by atoms with E-state index in [1.54, 1.807) is 17.5 Å². The first-order chi connectivity index (χ1) is 7.59. The molecule has 1 N–H and O–H groups in total. The van der Waals surface area contributed by atoms with Gasteiger partial charge in [0.15, 0.2) is 0 Å². The Morgan fingerprint density at radius 1 is 1.31 bits per heavy atom. The number of thiophene rings is 1. The van der Waals surface area contributed by atoms with Crippen LogP contribution in [-0.2, 0) is 0 Å². The third-order valence-electron chi connectivity index (χ3n) is 2.11. The summed E-state index contributed by atoms with van der Waals surface area (Å²) >= 11 is 4.47. The molecule has 0 radical (unpaired) electrons. The average molecular weight is 301 g/mol. The lowest BCUT2D eigenvalue weighted by atomic mass is 10.0. The van der Waals surface area contributed by atoms with Gasteiger partial charge in [-0.1, -0.05) is 15.9 Å². The van der Waals surface area contributed by atoms with Gasteiger partial charge in [-0.15, -0.1) is 0 Å². The van der Waals surface area contributed by atoms with Crippen LogP contribution in [0.15, 0.2) is 33.4 Å². The maximum atomic E-state index is 13.6. The number of hydrogen-bond acceptors (Lipinski definition) is 2. The molecule has 0 aliphatic rings. The minimum Gasteiger partial charge on any atom is -0.478 e. The molecule has 0 amide bonds. The van der Waals surface area contributed by atoms with Crippen molar-refractivity contribution in [3.05, 3.63) is 44.8 Å². The summed E-state index contributed by atoms with van der Waals surface area (Å²) in [4.78, 5) is 10.9. The average Bonchev–Trinajstić information content (AvgIpc) is 2.70. The normalized spacial score (nSPS) is 10.4. The van der Waals surface area contributed by atoms with E-state index in [1.165, 1.54) is 22.8 Å². The zero-order chi connectivity index (χ0) is 11.7. The van der Waals surface area contributed by atoms with Crippen LogP contribution in [0.3, 0.4) is 0 Å². The third kappa shape index (κ3) is 2.01. The van der Waals surface area contributed by atoms with E-state index in [0.29, 0.717) is 15.6 Å². The van der Waals surface area contributed by atoms with Crippen molar-refractivity contribution in [3.63, 3.8) is 0 Å². The molecule has 0 bridgehead atoms. The molecular formula is C11H6BrFO2S. The van der Waals surface area contributed by atoms with Gasteiger partial charge in [0.1, 0.15) is 5.82 Å². The Bertz CT molecular complexity index is 551. The maximum absolute atomic E-state index is 13.6. The Hall–Kier alpha value is -1.20. The predicted molar refractivity (Wildman–Crippen MR) is 64.4 cm³/mol. The Morgan fingerprint density at radius 2 is 2.06 bits per heavy atom. The van der Waals surface area contributed by atoms with E-state index in [4.69, 9.17) is 5.11 Å². The van der Waals surface area contributed by atoms with Crippen LogP contribution in [0.2, 0.25) is 0 Å². The molecular weight excluding hydrogens is 295 g/mol. The highest BCUT2D eigenvalue weighted by Gasteiger charge is 2.15. The molecule has 0 atom stereocenters. The van der Waals surface area contributed by atoms with E-state index < -0.39 is 11.8 Å². The van der Waals surface area contributed by atoms with E-state index in [-0.39, 0.29) is 5.56 Å².